The number of carbonyl (C=O) groups is 1. The van der Waals surface area contributed by atoms with Gasteiger partial charge >= 0.3 is 0 Å². The molecule has 27 heavy (non-hydrogen) atoms. The third kappa shape index (κ3) is 4.51. The molecule has 3 rings (SSSR count). The predicted octanol–water partition coefficient (Wildman–Crippen LogP) is 2.10. The van der Waals surface area contributed by atoms with E-state index in [9.17, 15) is 9.59 Å². The Morgan fingerprint density at radius 2 is 2.07 bits per heavy atom. The number of benzene rings is 2. The fourth-order valence-electron chi connectivity index (χ4n) is 2.73. The van der Waals surface area contributed by atoms with Gasteiger partial charge in [-0.15, -0.1) is 0 Å². The number of anilines is 1. The Morgan fingerprint density at radius 3 is 2.85 bits per heavy atom. The molecule has 2 N–H and O–H groups in total. The fourth-order valence-corrected chi connectivity index (χ4v) is 2.73. The number of nitrogens with zero attached hydrogens (tertiary/aromatic N) is 2. The molecule has 7 heteroatoms. The molecule has 0 fully saturated rings. The number of carbonyl (C=O) groups excluding carboxylic acids is 1. The van der Waals surface area contributed by atoms with Gasteiger partial charge in [-0.1, -0.05) is 18.2 Å². The minimum Gasteiger partial charge on any atom is -0.493 e. The number of para-hydroxylation sites is 1. The molecule has 0 saturated heterocycles. The number of nitrogens with one attached hydrogen (secondary N) is 1. The molecule has 7 nitrogen and oxygen atoms in total. The van der Waals surface area contributed by atoms with Gasteiger partial charge in [0.25, 0.3) is 5.56 Å². The van der Waals surface area contributed by atoms with E-state index in [2.05, 4.69) is 10.3 Å². The quantitative estimate of drug-likeness (QED) is 0.624. The average Bonchev–Trinajstić information content (AvgIpc) is 2.68. The van der Waals surface area contributed by atoms with Crippen LogP contribution >= 0.6 is 0 Å². The van der Waals surface area contributed by atoms with Gasteiger partial charge in [0, 0.05) is 12.2 Å². The van der Waals surface area contributed by atoms with Crippen LogP contribution in [0.25, 0.3) is 10.9 Å². The average molecular weight is 367 g/mol. The SMILES string of the molecule is Cc1ccccc1OCCCn1cnc2ccc(NC(=O)CO)cc2c1=O. The molecule has 1 amide bonds. The minimum absolute atomic E-state index is 0.184. The van der Waals surface area contributed by atoms with Gasteiger partial charge in [-0.2, -0.15) is 0 Å². The number of amides is 1. The first-order valence-corrected chi connectivity index (χ1v) is 8.67. The third-order valence-electron chi connectivity index (χ3n) is 4.15. The number of ether oxygens (including phenoxy) is 1. The molecule has 140 valence electrons. The highest BCUT2D eigenvalue weighted by Crippen LogP contribution is 2.16. The Hall–Kier alpha value is -3.19. The van der Waals surface area contributed by atoms with Crippen molar-refractivity contribution in [1.29, 1.82) is 0 Å². The lowest BCUT2D eigenvalue weighted by Gasteiger charge is -2.10. The molecular weight excluding hydrogens is 346 g/mol. The van der Waals surface area contributed by atoms with Gasteiger partial charge in [0.05, 0.1) is 23.8 Å². The van der Waals surface area contributed by atoms with Gasteiger partial charge in [-0.3, -0.25) is 14.2 Å². The topological polar surface area (TPSA) is 93.4 Å². The summed E-state index contributed by atoms with van der Waals surface area (Å²) in [5.41, 5.74) is 1.88. The summed E-state index contributed by atoms with van der Waals surface area (Å²) >= 11 is 0. The van der Waals surface area contributed by atoms with Crippen LogP contribution in [0.3, 0.4) is 0 Å². The van der Waals surface area contributed by atoms with Crippen LogP contribution in [0.1, 0.15) is 12.0 Å². The van der Waals surface area contributed by atoms with Crippen molar-refractivity contribution in [1.82, 2.24) is 9.55 Å². The van der Waals surface area contributed by atoms with Crippen molar-refractivity contribution in [2.75, 3.05) is 18.5 Å². The lowest BCUT2D eigenvalue weighted by molar-refractivity contribution is -0.118. The zero-order chi connectivity index (χ0) is 19.2. The van der Waals surface area contributed by atoms with E-state index in [-0.39, 0.29) is 5.56 Å². The number of aliphatic hydroxyl groups is 1. The first-order valence-electron chi connectivity index (χ1n) is 8.67. The maximum atomic E-state index is 12.7. The van der Waals surface area contributed by atoms with Crippen molar-refractivity contribution in [2.24, 2.45) is 0 Å². The molecule has 0 aliphatic carbocycles. The zero-order valence-corrected chi connectivity index (χ0v) is 15.0. The first kappa shape index (κ1) is 18.6. The van der Waals surface area contributed by atoms with E-state index in [4.69, 9.17) is 9.84 Å². The summed E-state index contributed by atoms with van der Waals surface area (Å²) in [6.45, 7) is 2.33. The minimum atomic E-state index is -0.615. The van der Waals surface area contributed by atoms with E-state index in [1.54, 1.807) is 18.2 Å². The third-order valence-corrected chi connectivity index (χ3v) is 4.15. The van der Waals surface area contributed by atoms with Crippen molar-refractivity contribution in [2.45, 2.75) is 19.9 Å². The molecule has 0 bridgehead atoms. The molecular formula is C20H21N3O4. The molecule has 0 radical (unpaired) electrons. The van der Waals surface area contributed by atoms with Crippen LogP contribution in [0.5, 0.6) is 5.75 Å². The van der Waals surface area contributed by atoms with Crippen LogP contribution in [0.15, 0.2) is 53.6 Å². The smallest absolute Gasteiger partial charge is 0.261 e. The molecule has 1 heterocycles. The van der Waals surface area contributed by atoms with Crippen LogP contribution in [0.2, 0.25) is 0 Å². The summed E-state index contributed by atoms with van der Waals surface area (Å²) in [7, 11) is 0. The maximum Gasteiger partial charge on any atom is 0.261 e. The van der Waals surface area contributed by atoms with Crippen LogP contribution < -0.4 is 15.6 Å². The van der Waals surface area contributed by atoms with Crippen LogP contribution in [0, 0.1) is 6.92 Å². The second-order valence-corrected chi connectivity index (χ2v) is 6.15. The van der Waals surface area contributed by atoms with Gasteiger partial charge in [0.2, 0.25) is 5.91 Å². The lowest BCUT2D eigenvalue weighted by Crippen LogP contribution is -2.22. The van der Waals surface area contributed by atoms with Gasteiger partial charge in [0.1, 0.15) is 12.4 Å². The summed E-state index contributed by atoms with van der Waals surface area (Å²) in [4.78, 5) is 28.3. The van der Waals surface area contributed by atoms with Crippen molar-refractivity contribution in [3.63, 3.8) is 0 Å². The Balaban J connectivity index is 1.69. The molecule has 2 aromatic carbocycles. The number of aliphatic hydroxyl groups excluding tert-OH is 1. The summed E-state index contributed by atoms with van der Waals surface area (Å²) in [6.07, 6.45) is 2.17. The Labute approximate surface area is 156 Å². The number of aryl methyl sites for hydroxylation is 2. The van der Waals surface area contributed by atoms with E-state index in [0.29, 0.717) is 36.2 Å². The lowest BCUT2D eigenvalue weighted by atomic mass is 10.2. The standard InChI is InChI=1S/C20H21N3O4/c1-14-5-2-3-6-18(14)27-10-4-9-23-13-21-17-8-7-15(22-19(25)12-24)11-16(17)20(23)26/h2-3,5-8,11,13,24H,4,9-10,12H2,1H3,(H,22,25). The molecule has 0 saturated carbocycles. The van der Waals surface area contributed by atoms with E-state index < -0.39 is 12.5 Å². The monoisotopic (exact) mass is 367 g/mol. The highest BCUT2D eigenvalue weighted by molar-refractivity contribution is 5.94. The van der Waals surface area contributed by atoms with Gasteiger partial charge < -0.3 is 15.2 Å². The highest BCUT2D eigenvalue weighted by Gasteiger charge is 2.07. The van der Waals surface area contributed by atoms with Crippen molar-refractivity contribution in [3.8, 4) is 5.75 Å². The first-order chi connectivity index (χ1) is 13.1. The Morgan fingerprint density at radius 1 is 1.26 bits per heavy atom. The number of aromatic nitrogens is 2. The van der Waals surface area contributed by atoms with Crippen LogP contribution in [-0.4, -0.2) is 33.8 Å². The van der Waals surface area contributed by atoms with Crippen molar-refractivity contribution in [3.05, 3.63) is 64.7 Å². The van der Waals surface area contributed by atoms with Crippen LogP contribution in [0.4, 0.5) is 5.69 Å². The molecule has 1 aromatic heterocycles. The Kier molecular flexibility index (Phi) is 5.83. The zero-order valence-electron chi connectivity index (χ0n) is 15.0. The number of fused-ring (bicyclic) bond motifs is 1. The maximum absolute atomic E-state index is 12.7. The largest absolute Gasteiger partial charge is 0.493 e. The second-order valence-electron chi connectivity index (χ2n) is 6.15. The van der Waals surface area contributed by atoms with Crippen molar-refractivity contribution < 1.29 is 14.6 Å². The van der Waals surface area contributed by atoms with Gasteiger partial charge in [-0.05, 0) is 43.2 Å². The normalized spacial score (nSPS) is 10.7. The molecule has 0 aliphatic heterocycles. The Bertz CT molecular complexity index is 1010. The number of hydrogen-bond acceptors (Lipinski definition) is 5. The summed E-state index contributed by atoms with van der Waals surface area (Å²) in [5, 5.41) is 11.8. The van der Waals surface area contributed by atoms with E-state index in [1.165, 1.54) is 10.9 Å². The highest BCUT2D eigenvalue weighted by atomic mass is 16.5. The summed E-state index contributed by atoms with van der Waals surface area (Å²) < 4.78 is 7.28. The van der Waals surface area contributed by atoms with Crippen molar-refractivity contribution >= 4 is 22.5 Å². The second kappa shape index (κ2) is 8.46. The fraction of sp³-hybridized carbons (Fsp3) is 0.250. The molecule has 0 atom stereocenters. The van der Waals surface area contributed by atoms with Gasteiger partial charge in [-0.25, -0.2) is 4.98 Å². The van der Waals surface area contributed by atoms with E-state index >= 15 is 0 Å². The summed E-state index contributed by atoms with van der Waals surface area (Å²) in [5.74, 6) is 0.303. The van der Waals surface area contributed by atoms with Gasteiger partial charge in [0.15, 0.2) is 0 Å². The van der Waals surface area contributed by atoms with Crippen LogP contribution in [-0.2, 0) is 11.3 Å². The molecule has 0 spiro atoms. The molecule has 3 aromatic rings. The predicted molar refractivity (Wildman–Crippen MR) is 103 cm³/mol. The number of rotatable bonds is 7. The van der Waals surface area contributed by atoms with E-state index in [1.807, 2.05) is 31.2 Å². The van der Waals surface area contributed by atoms with E-state index in [0.717, 1.165) is 11.3 Å². The summed E-state index contributed by atoms with van der Waals surface area (Å²) in [6, 6.07) is 12.7. The molecule has 0 aliphatic rings. The molecule has 0 unspecified atom stereocenters. The number of hydrogen-bond donors (Lipinski definition) is 2.